The molecular weight excluding hydrogens is 350 g/mol. The molecule has 23 heavy (non-hydrogen) atoms. The lowest BCUT2D eigenvalue weighted by molar-refractivity contribution is 0.669. The number of nitrogens with zero attached hydrogens (tertiary/aromatic N) is 1. The predicted molar refractivity (Wildman–Crippen MR) is 98.3 cm³/mol. The van der Waals surface area contributed by atoms with Gasteiger partial charge in [0.25, 0.3) is 0 Å². The van der Waals surface area contributed by atoms with Crippen LogP contribution in [0, 0.1) is 0 Å². The number of rotatable bonds is 1. The minimum absolute atomic E-state index is 0.915. The Hall–Kier alpha value is -2.52. The van der Waals surface area contributed by atoms with Crippen LogP contribution in [0.5, 0.6) is 0 Å². The minimum Gasteiger partial charge on any atom is -0.456 e. The molecule has 0 N–H and O–H groups in total. The summed E-state index contributed by atoms with van der Waals surface area (Å²) in [5.74, 6) is 0. The van der Waals surface area contributed by atoms with Crippen LogP contribution < -0.4 is 0 Å². The highest BCUT2D eigenvalue weighted by Crippen LogP contribution is 2.33. The summed E-state index contributed by atoms with van der Waals surface area (Å²) in [6, 6.07) is 23.0. The van der Waals surface area contributed by atoms with Gasteiger partial charge in [0.15, 0.2) is 0 Å². The molecule has 2 nitrogen and oxygen atoms in total. The molecule has 3 heteroatoms. The molecule has 110 valence electrons. The molecule has 0 aliphatic carbocycles. The van der Waals surface area contributed by atoms with Gasteiger partial charge in [-0.1, -0.05) is 34.1 Å². The van der Waals surface area contributed by atoms with Gasteiger partial charge in [0.2, 0.25) is 0 Å². The number of hydrogen-bond donors (Lipinski definition) is 0. The van der Waals surface area contributed by atoms with Gasteiger partial charge in [-0.2, -0.15) is 0 Å². The molecule has 0 saturated carbocycles. The Morgan fingerprint density at radius 2 is 1.57 bits per heavy atom. The molecule has 0 fully saturated rings. The molecule has 0 unspecified atom stereocenters. The van der Waals surface area contributed by atoms with E-state index in [2.05, 4.69) is 75.2 Å². The Morgan fingerprint density at radius 3 is 2.48 bits per heavy atom. The van der Waals surface area contributed by atoms with Crippen LogP contribution in [-0.2, 0) is 0 Å². The van der Waals surface area contributed by atoms with E-state index < -0.39 is 0 Å². The maximum absolute atomic E-state index is 5.94. The maximum Gasteiger partial charge on any atom is 0.135 e. The smallest absolute Gasteiger partial charge is 0.135 e. The van der Waals surface area contributed by atoms with E-state index in [0.717, 1.165) is 32.1 Å². The van der Waals surface area contributed by atoms with Crippen molar-refractivity contribution >= 4 is 48.8 Å². The van der Waals surface area contributed by atoms with E-state index in [1.54, 1.807) is 0 Å². The molecule has 0 radical (unpaired) electrons. The summed E-state index contributed by atoms with van der Waals surface area (Å²) in [6.45, 7) is 0. The molecule has 2 aromatic heterocycles. The van der Waals surface area contributed by atoms with E-state index in [1.165, 1.54) is 10.9 Å². The molecule has 0 aliphatic heterocycles. The van der Waals surface area contributed by atoms with E-state index in [4.69, 9.17) is 4.42 Å². The van der Waals surface area contributed by atoms with Crippen LogP contribution in [0.3, 0.4) is 0 Å². The maximum atomic E-state index is 5.94. The normalized spacial score (nSPS) is 11.7. The molecule has 0 atom stereocenters. The number of hydrogen-bond acceptors (Lipinski definition) is 1. The Labute approximate surface area is 141 Å². The predicted octanol–water partition coefficient (Wildman–Crippen LogP) is 6.29. The summed E-state index contributed by atoms with van der Waals surface area (Å²) >= 11 is 3.55. The van der Waals surface area contributed by atoms with Crippen molar-refractivity contribution in [2.24, 2.45) is 0 Å². The van der Waals surface area contributed by atoms with Gasteiger partial charge < -0.3 is 8.98 Å². The van der Waals surface area contributed by atoms with E-state index in [0.29, 0.717) is 0 Å². The lowest BCUT2D eigenvalue weighted by atomic mass is 10.1. The Morgan fingerprint density at radius 1 is 0.783 bits per heavy atom. The van der Waals surface area contributed by atoms with E-state index in [1.807, 2.05) is 18.2 Å². The molecule has 3 aromatic carbocycles. The highest BCUT2D eigenvalue weighted by Gasteiger charge is 2.10. The first-order valence-corrected chi connectivity index (χ1v) is 8.27. The third-order valence-corrected chi connectivity index (χ3v) is 4.79. The standard InChI is InChI=1S/C20H12BrNO/c21-14-5-7-19-16(11-14)17-12-15(6-8-20(17)23-19)22-10-9-13-3-1-2-4-18(13)22/h1-12H. The third-order valence-electron chi connectivity index (χ3n) is 4.29. The SMILES string of the molecule is Brc1ccc2oc3ccc(-n4ccc5ccccc54)cc3c2c1. The van der Waals surface area contributed by atoms with Crippen molar-refractivity contribution < 1.29 is 4.42 Å². The first-order chi connectivity index (χ1) is 11.3. The summed E-state index contributed by atoms with van der Waals surface area (Å²) in [4.78, 5) is 0. The first-order valence-electron chi connectivity index (χ1n) is 7.48. The van der Waals surface area contributed by atoms with Gasteiger partial charge in [0.1, 0.15) is 11.2 Å². The average Bonchev–Trinajstić information content (AvgIpc) is 3.15. The van der Waals surface area contributed by atoms with Gasteiger partial charge in [-0.25, -0.2) is 0 Å². The van der Waals surface area contributed by atoms with Crippen molar-refractivity contribution in [3.8, 4) is 5.69 Å². The van der Waals surface area contributed by atoms with Crippen LogP contribution >= 0.6 is 15.9 Å². The van der Waals surface area contributed by atoms with Crippen molar-refractivity contribution in [3.05, 3.63) is 77.4 Å². The monoisotopic (exact) mass is 361 g/mol. The van der Waals surface area contributed by atoms with Crippen molar-refractivity contribution in [1.29, 1.82) is 0 Å². The summed E-state index contributed by atoms with van der Waals surface area (Å²) < 4.78 is 9.21. The van der Waals surface area contributed by atoms with Gasteiger partial charge in [0, 0.05) is 27.1 Å². The van der Waals surface area contributed by atoms with Crippen LogP contribution in [0.25, 0.3) is 38.5 Å². The van der Waals surface area contributed by atoms with Crippen LogP contribution in [0.15, 0.2) is 81.8 Å². The number of aromatic nitrogens is 1. The number of furan rings is 1. The third kappa shape index (κ3) is 1.93. The zero-order valence-corrected chi connectivity index (χ0v) is 13.7. The van der Waals surface area contributed by atoms with Gasteiger partial charge >= 0.3 is 0 Å². The number of halogens is 1. The topological polar surface area (TPSA) is 18.1 Å². The van der Waals surface area contributed by atoms with Crippen molar-refractivity contribution in [1.82, 2.24) is 4.57 Å². The summed E-state index contributed by atoms with van der Waals surface area (Å²) in [5.41, 5.74) is 4.18. The highest BCUT2D eigenvalue weighted by molar-refractivity contribution is 9.10. The zero-order valence-electron chi connectivity index (χ0n) is 12.2. The molecule has 0 bridgehead atoms. The van der Waals surface area contributed by atoms with Gasteiger partial charge in [-0.3, -0.25) is 0 Å². The summed E-state index contributed by atoms with van der Waals surface area (Å²) in [6.07, 6.45) is 2.12. The van der Waals surface area contributed by atoms with E-state index >= 15 is 0 Å². The molecule has 2 heterocycles. The van der Waals surface area contributed by atoms with E-state index in [-0.39, 0.29) is 0 Å². The summed E-state index contributed by atoms with van der Waals surface area (Å²) in [7, 11) is 0. The molecule has 0 amide bonds. The van der Waals surface area contributed by atoms with Gasteiger partial charge in [0.05, 0.1) is 5.52 Å². The van der Waals surface area contributed by atoms with Crippen molar-refractivity contribution in [3.63, 3.8) is 0 Å². The highest BCUT2D eigenvalue weighted by atomic mass is 79.9. The fraction of sp³-hybridized carbons (Fsp3) is 0. The largest absolute Gasteiger partial charge is 0.456 e. The number of fused-ring (bicyclic) bond motifs is 4. The van der Waals surface area contributed by atoms with Crippen LogP contribution in [0.1, 0.15) is 0 Å². The first kappa shape index (κ1) is 13.0. The fourth-order valence-corrected chi connectivity index (χ4v) is 3.56. The Kier molecular flexibility index (Phi) is 2.67. The fourth-order valence-electron chi connectivity index (χ4n) is 3.20. The Balaban J connectivity index is 1.82. The van der Waals surface area contributed by atoms with E-state index in [9.17, 15) is 0 Å². The second-order valence-electron chi connectivity index (χ2n) is 5.67. The second-order valence-corrected chi connectivity index (χ2v) is 6.58. The molecule has 5 aromatic rings. The lowest BCUT2D eigenvalue weighted by Gasteiger charge is -2.05. The minimum atomic E-state index is 0.915. The Bertz CT molecular complexity index is 1180. The van der Waals surface area contributed by atoms with Crippen LogP contribution in [0.2, 0.25) is 0 Å². The number of para-hydroxylation sites is 1. The van der Waals surface area contributed by atoms with Crippen molar-refractivity contribution in [2.75, 3.05) is 0 Å². The molecule has 0 aliphatic rings. The van der Waals surface area contributed by atoms with Crippen LogP contribution in [-0.4, -0.2) is 4.57 Å². The second kappa shape index (κ2) is 4.74. The van der Waals surface area contributed by atoms with Crippen LogP contribution in [0.4, 0.5) is 0 Å². The molecule has 5 rings (SSSR count). The lowest BCUT2D eigenvalue weighted by Crippen LogP contribution is -1.90. The molecular formula is C20H12BrNO. The number of benzene rings is 3. The summed E-state index contributed by atoms with van der Waals surface area (Å²) in [5, 5.41) is 3.51. The molecule has 0 saturated heterocycles. The quantitative estimate of drug-likeness (QED) is 0.343. The average molecular weight is 362 g/mol. The van der Waals surface area contributed by atoms with Gasteiger partial charge in [-0.05, 0) is 53.9 Å². The molecule has 0 spiro atoms. The van der Waals surface area contributed by atoms with Crippen molar-refractivity contribution in [2.45, 2.75) is 0 Å². The zero-order chi connectivity index (χ0) is 15.4. The van der Waals surface area contributed by atoms with Gasteiger partial charge in [-0.15, -0.1) is 0 Å².